The summed E-state index contributed by atoms with van der Waals surface area (Å²) in [5, 5.41) is 5.75. The zero-order chi connectivity index (χ0) is 25.8. The first-order valence-electron chi connectivity index (χ1n) is 11.1. The van der Waals surface area contributed by atoms with Crippen molar-refractivity contribution < 1.29 is 19.2 Å². The van der Waals surface area contributed by atoms with Gasteiger partial charge in [0.2, 0.25) is 0 Å². The molecule has 0 spiro atoms. The summed E-state index contributed by atoms with van der Waals surface area (Å²) in [7, 11) is 0. The smallest absolute Gasteiger partial charge is 0.261 e. The zero-order valence-electron chi connectivity index (χ0n) is 19.6. The van der Waals surface area contributed by atoms with Crippen LogP contribution in [0.15, 0.2) is 60.8 Å². The number of fused-ring (bicyclic) bond motifs is 1. The zero-order valence-corrected chi connectivity index (χ0v) is 21.2. The lowest BCUT2D eigenvalue weighted by atomic mass is 10.1. The first-order valence-corrected chi connectivity index (χ1v) is 12.9. The first kappa shape index (κ1) is 25.4. The number of amides is 4. The van der Waals surface area contributed by atoms with Crippen LogP contribution in [0.3, 0.4) is 0 Å². The summed E-state index contributed by atoms with van der Waals surface area (Å²) in [6.07, 6.45) is 3.37. The number of halogens is 1. The standard InChI is InChI=1S/C26H23ClN4O4S/c1-15(14-36-2)29-24(33)22-20(8-5-9-21(22)27)23(32)30-16-10-11-17(28-12-16)13-31-25(34)18-6-3-4-7-19(18)26(31)35/h3-12,15H,13-14H2,1-2H3,(H,29,33)(H,30,32)/t15-/m0/s1. The van der Waals surface area contributed by atoms with Crippen molar-refractivity contribution in [3.8, 4) is 0 Å². The van der Waals surface area contributed by atoms with Crippen LogP contribution in [0.2, 0.25) is 5.02 Å². The molecule has 0 bridgehead atoms. The van der Waals surface area contributed by atoms with E-state index in [1.165, 1.54) is 12.3 Å². The molecule has 8 nitrogen and oxygen atoms in total. The number of nitrogens with one attached hydrogen (secondary N) is 2. The van der Waals surface area contributed by atoms with Gasteiger partial charge >= 0.3 is 0 Å². The monoisotopic (exact) mass is 522 g/mol. The Morgan fingerprint density at radius 3 is 2.31 bits per heavy atom. The molecule has 0 fully saturated rings. The number of benzene rings is 2. The summed E-state index contributed by atoms with van der Waals surface area (Å²) in [6.45, 7) is 1.88. The number of carbonyl (C=O) groups is 4. The summed E-state index contributed by atoms with van der Waals surface area (Å²) in [5.74, 6) is -0.963. The van der Waals surface area contributed by atoms with E-state index in [2.05, 4.69) is 15.6 Å². The van der Waals surface area contributed by atoms with E-state index in [4.69, 9.17) is 11.6 Å². The molecule has 36 heavy (non-hydrogen) atoms. The number of carbonyl (C=O) groups excluding carboxylic acids is 4. The Morgan fingerprint density at radius 1 is 1.00 bits per heavy atom. The number of hydrogen-bond donors (Lipinski definition) is 2. The van der Waals surface area contributed by atoms with Gasteiger partial charge in [-0.05, 0) is 49.6 Å². The average molecular weight is 523 g/mol. The van der Waals surface area contributed by atoms with E-state index < -0.39 is 11.8 Å². The second-order valence-electron chi connectivity index (χ2n) is 8.23. The largest absolute Gasteiger partial charge is 0.349 e. The Hall–Kier alpha value is -3.69. The third-order valence-corrected chi connectivity index (χ3v) is 6.71. The molecule has 1 aliphatic rings. The normalized spacial score (nSPS) is 13.4. The molecule has 3 aromatic rings. The summed E-state index contributed by atoms with van der Waals surface area (Å²) in [5.41, 5.74) is 1.83. The van der Waals surface area contributed by atoms with E-state index in [0.717, 1.165) is 10.7 Å². The maximum absolute atomic E-state index is 13.0. The SMILES string of the molecule is CSC[C@H](C)NC(=O)c1c(Cl)cccc1C(=O)Nc1ccc(CN2C(=O)c3ccccc3C2=O)nc1. The summed E-state index contributed by atoms with van der Waals surface area (Å²) in [6, 6.07) is 14.5. The molecular weight excluding hydrogens is 500 g/mol. The maximum atomic E-state index is 13.0. The number of thioether (sulfide) groups is 1. The second-order valence-corrected chi connectivity index (χ2v) is 9.54. The van der Waals surface area contributed by atoms with Crippen LogP contribution in [0.5, 0.6) is 0 Å². The van der Waals surface area contributed by atoms with Crippen molar-refractivity contribution in [2.24, 2.45) is 0 Å². The number of imide groups is 1. The molecule has 0 saturated carbocycles. The fourth-order valence-corrected chi connectivity index (χ4v) is 4.71. The predicted molar refractivity (Wildman–Crippen MR) is 140 cm³/mol. The minimum Gasteiger partial charge on any atom is -0.349 e. The summed E-state index contributed by atoms with van der Waals surface area (Å²) in [4.78, 5) is 56.4. The fraction of sp³-hybridized carbons (Fsp3) is 0.192. The number of anilines is 1. The van der Waals surface area contributed by atoms with Crippen molar-refractivity contribution in [1.29, 1.82) is 0 Å². The number of nitrogens with zero attached hydrogens (tertiary/aromatic N) is 2. The van der Waals surface area contributed by atoms with Crippen LogP contribution in [0.1, 0.15) is 54.0 Å². The molecule has 2 aromatic carbocycles. The highest BCUT2D eigenvalue weighted by molar-refractivity contribution is 7.98. The van der Waals surface area contributed by atoms with Crippen molar-refractivity contribution in [2.75, 3.05) is 17.3 Å². The van der Waals surface area contributed by atoms with E-state index in [1.807, 2.05) is 13.2 Å². The van der Waals surface area contributed by atoms with Gasteiger partial charge < -0.3 is 10.6 Å². The molecular formula is C26H23ClN4O4S. The minimum atomic E-state index is -0.518. The molecule has 1 aromatic heterocycles. The molecule has 184 valence electrons. The van der Waals surface area contributed by atoms with Gasteiger partial charge in [0.15, 0.2) is 0 Å². The van der Waals surface area contributed by atoms with Crippen LogP contribution >= 0.6 is 23.4 Å². The van der Waals surface area contributed by atoms with Crippen LogP contribution in [-0.4, -0.2) is 51.6 Å². The summed E-state index contributed by atoms with van der Waals surface area (Å²) >= 11 is 7.87. The Balaban J connectivity index is 1.46. The lowest BCUT2D eigenvalue weighted by Gasteiger charge is -2.16. The average Bonchev–Trinajstić information content (AvgIpc) is 3.10. The van der Waals surface area contributed by atoms with Gasteiger partial charge in [0.05, 0.1) is 51.4 Å². The highest BCUT2D eigenvalue weighted by Crippen LogP contribution is 2.25. The molecule has 0 saturated heterocycles. The van der Waals surface area contributed by atoms with E-state index in [9.17, 15) is 19.2 Å². The Morgan fingerprint density at radius 2 is 1.69 bits per heavy atom. The lowest BCUT2D eigenvalue weighted by molar-refractivity contribution is 0.0639. The molecule has 1 aliphatic heterocycles. The predicted octanol–water partition coefficient (Wildman–Crippen LogP) is 4.26. The molecule has 0 radical (unpaired) electrons. The Bertz CT molecular complexity index is 1310. The van der Waals surface area contributed by atoms with Gasteiger partial charge in [-0.25, -0.2) is 0 Å². The van der Waals surface area contributed by atoms with Crippen LogP contribution < -0.4 is 10.6 Å². The van der Waals surface area contributed by atoms with E-state index in [0.29, 0.717) is 22.5 Å². The lowest BCUT2D eigenvalue weighted by Crippen LogP contribution is -2.35. The van der Waals surface area contributed by atoms with E-state index >= 15 is 0 Å². The minimum absolute atomic E-state index is 0.00736. The van der Waals surface area contributed by atoms with Gasteiger partial charge in [0, 0.05) is 11.8 Å². The number of hydrogen-bond acceptors (Lipinski definition) is 6. The van der Waals surface area contributed by atoms with Crippen molar-refractivity contribution in [1.82, 2.24) is 15.2 Å². The Labute approximate surface area is 217 Å². The van der Waals surface area contributed by atoms with Gasteiger partial charge in [0.1, 0.15) is 0 Å². The van der Waals surface area contributed by atoms with Crippen molar-refractivity contribution in [3.63, 3.8) is 0 Å². The molecule has 10 heteroatoms. The third kappa shape index (κ3) is 5.27. The molecule has 4 rings (SSSR count). The van der Waals surface area contributed by atoms with Gasteiger partial charge in [-0.2, -0.15) is 11.8 Å². The van der Waals surface area contributed by atoms with Gasteiger partial charge in [-0.15, -0.1) is 0 Å². The van der Waals surface area contributed by atoms with Crippen LogP contribution in [-0.2, 0) is 6.54 Å². The van der Waals surface area contributed by atoms with Crippen molar-refractivity contribution in [3.05, 3.63) is 93.8 Å². The molecule has 2 heterocycles. The van der Waals surface area contributed by atoms with Gasteiger partial charge in [0.25, 0.3) is 23.6 Å². The van der Waals surface area contributed by atoms with Crippen LogP contribution in [0.25, 0.3) is 0 Å². The number of aromatic nitrogens is 1. The molecule has 0 unspecified atom stereocenters. The molecule has 4 amide bonds. The fourth-order valence-electron chi connectivity index (χ4n) is 3.87. The maximum Gasteiger partial charge on any atom is 0.261 e. The van der Waals surface area contributed by atoms with Gasteiger partial charge in [-0.3, -0.25) is 29.1 Å². The summed E-state index contributed by atoms with van der Waals surface area (Å²) < 4.78 is 0. The Kier molecular flexibility index (Phi) is 7.71. The highest BCUT2D eigenvalue weighted by atomic mass is 35.5. The van der Waals surface area contributed by atoms with Crippen molar-refractivity contribution >= 4 is 52.7 Å². The molecule has 0 aliphatic carbocycles. The van der Waals surface area contributed by atoms with E-state index in [1.54, 1.807) is 60.3 Å². The third-order valence-electron chi connectivity index (χ3n) is 5.56. The quantitative estimate of drug-likeness (QED) is 0.428. The van der Waals surface area contributed by atoms with Crippen LogP contribution in [0.4, 0.5) is 5.69 Å². The van der Waals surface area contributed by atoms with Crippen LogP contribution in [0, 0.1) is 0 Å². The number of pyridine rings is 1. The molecule has 2 N–H and O–H groups in total. The first-order chi connectivity index (χ1) is 17.3. The molecule has 1 atom stereocenters. The van der Waals surface area contributed by atoms with Crippen molar-refractivity contribution in [2.45, 2.75) is 19.5 Å². The highest BCUT2D eigenvalue weighted by Gasteiger charge is 2.35. The number of rotatable bonds is 8. The van der Waals surface area contributed by atoms with Gasteiger partial charge in [-0.1, -0.05) is 29.8 Å². The topological polar surface area (TPSA) is 108 Å². The van der Waals surface area contributed by atoms with E-state index in [-0.39, 0.29) is 40.6 Å². The second kappa shape index (κ2) is 10.9.